The lowest BCUT2D eigenvalue weighted by Crippen LogP contribution is -2.48. The summed E-state index contributed by atoms with van der Waals surface area (Å²) in [5, 5.41) is 0.302. The highest BCUT2D eigenvalue weighted by atomic mass is 35.5. The first-order valence-electron chi connectivity index (χ1n) is 10.2. The summed E-state index contributed by atoms with van der Waals surface area (Å²) in [7, 11) is 1.73. The van der Waals surface area contributed by atoms with Crippen molar-refractivity contribution in [3.05, 3.63) is 27.6 Å². The highest BCUT2D eigenvalue weighted by Gasteiger charge is 2.46. The smallest absolute Gasteiger partial charge is 0.270 e. The highest BCUT2D eigenvalue weighted by molar-refractivity contribution is 7.99. The zero-order valence-corrected chi connectivity index (χ0v) is 18.8. The van der Waals surface area contributed by atoms with Crippen molar-refractivity contribution in [2.24, 2.45) is 24.1 Å². The number of piperidine rings is 1. The molecule has 1 saturated carbocycles. The van der Waals surface area contributed by atoms with E-state index in [4.69, 9.17) is 28.8 Å². The number of hydrogen-bond donors (Lipinski definition) is 3. The number of pyridine rings is 1. The van der Waals surface area contributed by atoms with Crippen molar-refractivity contribution in [3.63, 3.8) is 0 Å². The van der Waals surface area contributed by atoms with Gasteiger partial charge in [0.15, 0.2) is 0 Å². The summed E-state index contributed by atoms with van der Waals surface area (Å²) in [5.74, 6) is 1.67. The molecule has 1 spiro atoms. The third kappa shape index (κ3) is 3.63. The van der Waals surface area contributed by atoms with Crippen molar-refractivity contribution in [2.75, 3.05) is 29.5 Å². The van der Waals surface area contributed by atoms with Gasteiger partial charge in [0.05, 0.1) is 5.02 Å². The van der Waals surface area contributed by atoms with Crippen LogP contribution in [-0.4, -0.2) is 33.7 Å². The highest BCUT2D eigenvalue weighted by Crippen LogP contribution is 2.48. The van der Waals surface area contributed by atoms with E-state index in [9.17, 15) is 4.79 Å². The molecule has 2 aliphatic rings. The van der Waals surface area contributed by atoms with Gasteiger partial charge < -0.3 is 22.1 Å². The van der Waals surface area contributed by atoms with Crippen LogP contribution in [0.25, 0.3) is 0 Å². The van der Waals surface area contributed by atoms with E-state index in [-0.39, 0.29) is 28.7 Å². The van der Waals surface area contributed by atoms with Crippen molar-refractivity contribution in [2.45, 2.75) is 48.4 Å². The van der Waals surface area contributed by atoms with Gasteiger partial charge in [0.1, 0.15) is 16.5 Å². The predicted molar refractivity (Wildman–Crippen MR) is 122 cm³/mol. The largest absolute Gasteiger partial charge is 0.382 e. The molecule has 1 aliphatic heterocycles. The average molecular weight is 450 g/mol. The number of nitrogens with zero attached hydrogens (tertiary/aromatic N) is 4. The summed E-state index contributed by atoms with van der Waals surface area (Å²) >= 11 is 7.38. The Kier molecular flexibility index (Phi) is 5.63. The maximum atomic E-state index is 13.1. The fraction of sp³-hybridized carbons (Fsp3) is 0.550. The molecule has 30 heavy (non-hydrogen) atoms. The molecule has 4 rings (SSSR count). The number of nitrogen functional groups attached to an aromatic ring is 2. The first-order valence-corrected chi connectivity index (χ1v) is 11.4. The fourth-order valence-electron chi connectivity index (χ4n) is 4.93. The molecule has 3 heterocycles. The van der Waals surface area contributed by atoms with Crippen molar-refractivity contribution < 1.29 is 0 Å². The molecule has 2 fully saturated rings. The van der Waals surface area contributed by atoms with E-state index >= 15 is 0 Å². The van der Waals surface area contributed by atoms with Gasteiger partial charge >= 0.3 is 0 Å². The minimum atomic E-state index is -0.208. The van der Waals surface area contributed by atoms with E-state index in [1.165, 1.54) is 6.42 Å². The molecular formula is C20H28ClN7OS. The standard InChI is InChI=1S/C20H28ClN7OS/c1-11-9-13(22)20(10-11)4-7-28(8-5-20)19-26-17(24)15(18(29)27(19)2)30-12-3-6-25-16(23)14(12)21/h3,6,11,13H,4-5,7-10,22,24H2,1-2H3,(H2,23,25)/t11-,13+/m0/s1. The third-order valence-electron chi connectivity index (χ3n) is 6.58. The van der Waals surface area contributed by atoms with Crippen LogP contribution in [0, 0.1) is 11.3 Å². The van der Waals surface area contributed by atoms with E-state index in [0.717, 1.165) is 44.1 Å². The molecule has 162 valence electrons. The van der Waals surface area contributed by atoms with Gasteiger partial charge in [0.2, 0.25) is 5.95 Å². The minimum absolute atomic E-state index is 0.191. The van der Waals surface area contributed by atoms with Crippen LogP contribution in [0.4, 0.5) is 17.6 Å². The normalized spacial score (nSPS) is 23.3. The number of halogens is 1. The number of nitrogens with two attached hydrogens (primary N) is 3. The van der Waals surface area contributed by atoms with Gasteiger partial charge in [-0.25, -0.2) is 4.98 Å². The molecule has 8 nitrogen and oxygen atoms in total. The Morgan fingerprint density at radius 2 is 1.97 bits per heavy atom. The Morgan fingerprint density at radius 1 is 1.27 bits per heavy atom. The molecule has 2 aromatic rings. The van der Waals surface area contributed by atoms with E-state index in [0.29, 0.717) is 26.7 Å². The molecule has 0 unspecified atom stereocenters. The van der Waals surface area contributed by atoms with E-state index in [1.54, 1.807) is 23.9 Å². The molecular weight excluding hydrogens is 422 g/mol. The molecule has 0 aromatic carbocycles. The second-order valence-corrected chi connectivity index (χ2v) is 10.0. The maximum absolute atomic E-state index is 13.1. The topological polar surface area (TPSA) is 129 Å². The summed E-state index contributed by atoms with van der Waals surface area (Å²) in [4.78, 5) is 24.7. The van der Waals surface area contributed by atoms with Crippen LogP contribution < -0.4 is 27.7 Å². The second-order valence-electron chi connectivity index (χ2n) is 8.60. The lowest BCUT2D eigenvalue weighted by molar-refractivity contribution is 0.192. The van der Waals surface area contributed by atoms with E-state index < -0.39 is 0 Å². The maximum Gasteiger partial charge on any atom is 0.270 e. The van der Waals surface area contributed by atoms with Crippen molar-refractivity contribution in [1.29, 1.82) is 0 Å². The summed E-state index contributed by atoms with van der Waals surface area (Å²) in [6.45, 7) is 3.92. The van der Waals surface area contributed by atoms with Crippen molar-refractivity contribution in [1.82, 2.24) is 14.5 Å². The summed E-state index contributed by atoms with van der Waals surface area (Å²) < 4.78 is 1.56. The Balaban J connectivity index is 1.58. The van der Waals surface area contributed by atoms with Crippen LogP contribution in [0.1, 0.15) is 32.6 Å². The Morgan fingerprint density at radius 3 is 2.60 bits per heavy atom. The lowest BCUT2D eigenvalue weighted by Gasteiger charge is -2.42. The SMILES string of the molecule is C[C@H]1C[C@@H](N)C2(CCN(c3nc(N)c(Sc4ccnc(N)c4Cl)c(=O)n3C)CC2)C1. The summed E-state index contributed by atoms with van der Waals surface area (Å²) in [5.41, 5.74) is 18.5. The third-order valence-corrected chi connectivity index (χ3v) is 8.24. The molecule has 1 saturated heterocycles. The van der Waals surface area contributed by atoms with Crippen LogP contribution in [0.15, 0.2) is 26.8 Å². The molecule has 0 bridgehead atoms. The minimum Gasteiger partial charge on any atom is -0.382 e. The van der Waals surface area contributed by atoms with Gasteiger partial charge in [0.25, 0.3) is 5.56 Å². The Bertz CT molecular complexity index is 1020. The molecule has 2 aromatic heterocycles. The van der Waals surface area contributed by atoms with Gasteiger partial charge in [-0.05, 0) is 43.1 Å². The molecule has 1 aliphatic carbocycles. The first kappa shape index (κ1) is 21.3. The summed E-state index contributed by atoms with van der Waals surface area (Å²) in [6, 6.07) is 1.96. The van der Waals surface area contributed by atoms with Crippen molar-refractivity contribution in [3.8, 4) is 0 Å². The Labute approximate surface area is 185 Å². The zero-order valence-electron chi connectivity index (χ0n) is 17.3. The number of rotatable bonds is 3. The van der Waals surface area contributed by atoms with Gasteiger partial charge in [0, 0.05) is 37.3 Å². The first-order chi connectivity index (χ1) is 14.2. The van der Waals surface area contributed by atoms with Crippen molar-refractivity contribution >= 4 is 40.9 Å². The number of hydrogen-bond acceptors (Lipinski definition) is 8. The molecule has 0 radical (unpaired) electrons. The van der Waals surface area contributed by atoms with Gasteiger partial charge in [-0.2, -0.15) is 4.98 Å². The second kappa shape index (κ2) is 7.94. The lowest BCUT2D eigenvalue weighted by atomic mass is 9.74. The fourth-order valence-corrected chi connectivity index (χ4v) is 6.08. The van der Waals surface area contributed by atoms with Gasteiger partial charge in [-0.15, -0.1) is 0 Å². The monoisotopic (exact) mass is 449 g/mol. The van der Waals surface area contributed by atoms with Crippen LogP contribution in [-0.2, 0) is 7.05 Å². The average Bonchev–Trinajstić information content (AvgIpc) is 2.98. The molecule has 10 heteroatoms. The number of anilines is 3. The summed E-state index contributed by atoms with van der Waals surface area (Å²) in [6.07, 6.45) is 5.84. The van der Waals surface area contributed by atoms with Gasteiger partial charge in [-0.1, -0.05) is 30.3 Å². The molecule has 2 atom stereocenters. The van der Waals surface area contributed by atoms with Crippen LogP contribution >= 0.6 is 23.4 Å². The van der Waals surface area contributed by atoms with Gasteiger partial charge in [-0.3, -0.25) is 9.36 Å². The number of aromatic nitrogens is 3. The van der Waals surface area contributed by atoms with E-state index in [1.807, 2.05) is 0 Å². The van der Waals surface area contributed by atoms with E-state index in [2.05, 4.69) is 21.8 Å². The van der Waals surface area contributed by atoms with Crippen LogP contribution in [0.5, 0.6) is 0 Å². The zero-order chi connectivity index (χ0) is 21.6. The Hall–Kier alpha value is -1.97. The molecule has 6 N–H and O–H groups in total. The van der Waals surface area contributed by atoms with Crippen LogP contribution in [0.3, 0.4) is 0 Å². The van der Waals surface area contributed by atoms with Crippen LogP contribution in [0.2, 0.25) is 5.02 Å². The predicted octanol–water partition coefficient (Wildman–Crippen LogP) is 2.49. The molecule has 0 amide bonds. The quantitative estimate of drug-likeness (QED) is 0.651.